The highest BCUT2D eigenvalue weighted by atomic mass is 35.5. The van der Waals surface area contributed by atoms with Gasteiger partial charge in [0.1, 0.15) is 5.58 Å². The van der Waals surface area contributed by atoms with E-state index in [0.717, 1.165) is 18.7 Å². The molecule has 0 radical (unpaired) electrons. The van der Waals surface area contributed by atoms with E-state index in [9.17, 15) is 9.59 Å². The molecular formula is C23H21ClN2O4. The zero-order chi connectivity index (χ0) is 20.7. The van der Waals surface area contributed by atoms with Crippen molar-refractivity contribution in [3.8, 4) is 0 Å². The van der Waals surface area contributed by atoms with Crippen molar-refractivity contribution < 1.29 is 13.9 Å². The molecule has 7 heteroatoms. The minimum atomic E-state index is -0.494. The molecule has 5 rings (SSSR count). The first-order valence-corrected chi connectivity index (χ1v) is 10.4. The van der Waals surface area contributed by atoms with Crippen LogP contribution in [0.5, 0.6) is 0 Å². The number of nitrogens with zero attached hydrogens (tertiary/aromatic N) is 2. The third-order valence-electron chi connectivity index (χ3n) is 5.82. The average Bonchev–Trinajstić information content (AvgIpc) is 3.06. The number of hydrogen-bond donors (Lipinski definition) is 0. The number of fused-ring (bicyclic) bond motifs is 2. The fraction of sp³-hybridized carbons (Fsp3) is 0.304. The molecule has 1 atom stereocenters. The molecule has 0 N–H and O–H groups in total. The molecule has 0 unspecified atom stereocenters. The van der Waals surface area contributed by atoms with Crippen molar-refractivity contribution in [2.75, 3.05) is 39.4 Å². The second kappa shape index (κ2) is 7.87. The topological polar surface area (TPSA) is 63.0 Å². The van der Waals surface area contributed by atoms with E-state index in [-0.39, 0.29) is 17.1 Å². The molecule has 0 spiro atoms. The molecule has 1 aromatic heterocycles. The van der Waals surface area contributed by atoms with Gasteiger partial charge in [0.15, 0.2) is 5.43 Å². The lowest BCUT2D eigenvalue weighted by Crippen LogP contribution is -2.42. The molecule has 1 saturated heterocycles. The van der Waals surface area contributed by atoms with E-state index in [1.54, 1.807) is 41.3 Å². The lowest BCUT2D eigenvalue weighted by molar-refractivity contribution is 0.0314. The maximum absolute atomic E-state index is 13.4. The number of amides is 1. The van der Waals surface area contributed by atoms with Gasteiger partial charge in [-0.2, -0.15) is 0 Å². The van der Waals surface area contributed by atoms with E-state index in [4.69, 9.17) is 20.8 Å². The van der Waals surface area contributed by atoms with Crippen molar-refractivity contribution in [2.24, 2.45) is 0 Å². The molecule has 0 saturated carbocycles. The van der Waals surface area contributed by atoms with Gasteiger partial charge in [0.25, 0.3) is 5.91 Å². The zero-order valence-electron chi connectivity index (χ0n) is 16.3. The summed E-state index contributed by atoms with van der Waals surface area (Å²) < 4.78 is 11.4. The summed E-state index contributed by atoms with van der Waals surface area (Å²) in [5.74, 6) is -0.110. The Hall–Kier alpha value is -2.67. The summed E-state index contributed by atoms with van der Waals surface area (Å²) in [5, 5.41) is 1.09. The smallest absolute Gasteiger partial charge is 0.290 e. The van der Waals surface area contributed by atoms with Gasteiger partial charge in [-0.05, 0) is 29.8 Å². The highest BCUT2D eigenvalue weighted by Gasteiger charge is 2.42. The van der Waals surface area contributed by atoms with Crippen molar-refractivity contribution in [3.63, 3.8) is 0 Å². The normalized spacial score (nSPS) is 19.4. The predicted molar refractivity (Wildman–Crippen MR) is 114 cm³/mol. The van der Waals surface area contributed by atoms with Gasteiger partial charge in [-0.25, -0.2) is 0 Å². The second-order valence-electron chi connectivity index (χ2n) is 7.58. The maximum atomic E-state index is 13.4. The predicted octanol–water partition coefficient (Wildman–Crippen LogP) is 3.32. The molecule has 6 nitrogen and oxygen atoms in total. The highest BCUT2D eigenvalue weighted by Crippen LogP contribution is 2.38. The Morgan fingerprint density at radius 1 is 0.967 bits per heavy atom. The van der Waals surface area contributed by atoms with E-state index in [0.29, 0.717) is 47.9 Å². The van der Waals surface area contributed by atoms with Gasteiger partial charge in [-0.15, -0.1) is 0 Å². The maximum Gasteiger partial charge on any atom is 0.290 e. The summed E-state index contributed by atoms with van der Waals surface area (Å²) in [6, 6.07) is 13.9. The Bertz CT molecular complexity index is 1150. The van der Waals surface area contributed by atoms with E-state index in [1.807, 2.05) is 12.1 Å². The van der Waals surface area contributed by atoms with Crippen molar-refractivity contribution in [1.29, 1.82) is 0 Å². The first-order valence-electron chi connectivity index (χ1n) is 10.1. The van der Waals surface area contributed by atoms with Crippen LogP contribution in [0.1, 0.15) is 27.7 Å². The Morgan fingerprint density at radius 2 is 1.70 bits per heavy atom. The molecule has 1 fully saturated rings. The van der Waals surface area contributed by atoms with Crippen LogP contribution in [0.15, 0.2) is 57.7 Å². The standard InChI is InChI=1S/C23H21ClN2O4/c24-16-7-5-15(6-8-16)20-19-21(27)17-3-1-2-4-18(17)30-22(19)23(28)26(20)10-9-25-11-13-29-14-12-25/h1-8,20H,9-14H2/t20-/m1/s1. The monoisotopic (exact) mass is 424 g/mol. The van der Waals surface area contributed by atoms with Crippen LogP contribution < -0.4 is 5.43 Å². The molecule has 0 bridgehead atoms. The summed E-state index contributed by atoms with van der Waals surface area (Å²) in [4.78, 5) is 30.7. The summed E-state index contributed by atoms with van der Waals surface area (Å²) in [5.41, 5.74) is 1.52. The van der Waals surface area contributed by atoms with Crippen molar-refractivity contribution in [3.05, 3.63) is 80.7 Å². The third-order valence-corrected chi connectivity index (χ3v) is 6.07. The number of benzene rings is 2. The van der Waals surface area contributed by atoms with Gasteiger partial charge in [0.2, 0.25) is 5.76 Å². The third kappa shape index (κ3) is 3.31. The molecule has 3 heterocycles. The van der Waals surface area contributed by atoms with Gasteiger partial charge < -0.3 is 14.1 Å². The average molecular weight is 425 g/mol. The van der Waals surface area contributed by atoms with Gasteiger partial charge >= 0.3 is 0 Å². The zero-order valence-corrected chi connectivity index (χ0v) is 17.1. The fourth-order valence-corrected chi connectivity index (χ4v) is 4.39. The molecule has 0 aliphatic carbocycles. The van der Waals surface area contributed by atoms with Crippen LogP contribution in [0.2, 0.25) is 5.02 Å². The molecule has 2 aromatic carbocycles. The fourth-order valence-electron chi connectivity index (χ4n) is 4.26. The van der Waals surface area contributed by atoms with Gasteiger partial charge in [0, 0.05) is 31.2 Å². The van der Waals surface area contributed by atoms with Gasteiger partial charge in [0.05, 0.1) is 30.2 Å². The molecule has 30 heavy (non-hydrogen) atoms. The molecule has 154 valence electrons. The van der Waals surface area contributed by atoms with Crippen molar-refractivity contribution in [1.82, 2.24) is 9.80 Å². The number of ether oxygens (including phenoxy) is 1. The lowest BCUT2D eigenvalue weighted by atomic mass is 9.98. The Balaban J connectivity index is 1.59. The van der Waals surface area contributed by atoms with Crippen LogP contribution in [0.25, 0.3) is 11.0 Å². The highest BCUT2D eigenvalue weighted by molar-refractivity contribution is 6.30. The molecule has 2 aliphatic rings. The summed E-state index contributed by atoms with van der Waals surface area (Å²) in [7, 11) is 0. The number of rotatable bonds is 4. The van der Waals surface area contributed by atoms with E-state index >= 15 is 0 Å². The molecular weight excluding hydrogens is 404 g/mol. The first kappa shape index (κ1) is 19.3. The minimum Gasteiger partial charge on any atom is -0.450 e. The van der Waals surface area contributed by atoms with Crippen LogP contribution in [0.3, 0.4) is 0 Å². The summed E-state index contributed by atoms with van der Waals surface area (Å²) in [6.07, 6.45) is 0. The van der Waals surface area contributed by atoms with Crippen LogP contribution >= 0.6 is 11.6 Å². The molecule has 2 aliphatic heterocycles. The number of morpholine rings is 1. The van der Waals surface area contributed by atoms with Crippen LogP contribution in [0, 0.1) is 0 Å². The van der Waals surface area contributed by atoms with Crippen LogP contribution in [-0.4, -0.2) is 55.1 Å². The summed E-state index contributed by atoms with van der Waals surface area (Å²) >= 11 is 6.08. The summed E-state index contributed by atoms with van der Waals surface area (Å²) in [6.45, 7) is 4.26. The van der Waals surface area contributed by atoms with Crippen LogP contribution in [-0.2, 0) is 4.74 Å². The largest absolute Gasteiger partial charge is 0.450 e. The number of carbonyl (C=O) groups is 1. The van der Waals surface area contributed by atoms with Gasteiger partial charge in [-0.3, -0.25) is 14.5 Å². The quantitative estimate of drug-likeness (QED) is 0.643. The van der Waals surface area contributed by atoms with Crippen molar-refractivity contribution >= 4 is 28.5 Å². The number of carbonyl (C=O) groups excluding carboxylic acids is 1. The van der Waals surface area contributed by atoms with Crippen molar-refractivity contribution in [2.45, 2.75) is 6.04 Å². The van der Waals surface area contributed by atoms with E-state index in [1.165, 1.54) is 0 Å². The minimum absolute atomic E-state index is 0.139. The first-order chi connectivity index (χ1) is 14.6. The lowest BCUT2D eigenvalue weighted by Gasteiger charge is -2.31. The molecule has 1 amide bonds. The Kier molecular flexibility index (Phi) is 5.06. The SMILES string of the molecule is O=C1c2oc3ccccc3c(=O)c2[C@@H](c2ccc(Cl)cc2)N1CCN1CCOCC1. The molecule has 3 aromatic rings. The second-order valence-corrected chi connectivity index (χ2v) is 8.01. The van der Waals surface area contributed by atoms with Crippen LogP contribution in [0.4, 0.5) is 0 Å². The number of para-hydroxylation sites is 1. The Morgan fingerprint density at radius 3 is 2.47 bits per heavy atom. The van der Waals surface area contributed by atoms with E-state index in [2.05, 4.69) is 4.90 Å². The Labute approximate surface area is 178 Å². The number of hydrogen-bond acceptors (Lipinski definition) is 5. The van der Waals surface area contributed by atoms with Gasteiger partial charge in [-0.1, -0.05) is 35.9 Å². The number of halogens is 1. The van der Waals surface area contributed by atoms with E-state index < -0.39 is 6.04 Å².